The Bertz CT molecular complexity index is 144. The molecule has 2 atom stereocenters. The average molecular weight is 288 g/mol. The average Bonchev–Trinajstić information content (AvgIpc) is 2.28. The largest absolute Gasteiger partial charge is 0.251 e. The quantitative estimate of drug-likeness (QED) is 0.294. The van der Waals surface area contributed by atoms with Crippen molar-refractivity contribution in [3.8, 4) is 0 Å². The van der Waals surface area contributed by atoms with E-state index in [0.717, 1.165) is 18.5 Å². The van der Waals surface area contributed by atoms with E-state index in [2.05, 4.69) is 0 Å². The third-order valence-electron chi connectivity index (χ3n) is 2.88. The molecule has 104 valence electrons. The topological polar surface area (TPSA) is 0 Å². The second-order valence-corrected chi connectivity index (χ2v) is 8.48. The predicted octanol–water partition coefficient (Wildman–Crippen LogP) is 2.78. The van der Waals surface area contributed by atoms with Crippen molar-refractivity contribution in [2.75, 3.05) is 13.3 Å². The zero-order chi connectivity index (χ0) is 12.9. The summed E-state index contributed by atoms with van der Waals surface area (Å²) in [4.78, 5) is 0. The van der Waals surface area contributed by atoms with Crippen LogP contribution in [0.2, 0.25) is 24.2 Å². The Kier molecular flexibility index (Phi) is 12.7. The Labute approximate surface area is 106 Å². The molecule has 0 N–H and O–H groups in total. The first-order valence-corrected chi connectivity index (χ1v) is 10.6. The summed E-state index contributed by atoms with van der Waals surface area (Å²) in [6.07, 6.45) is -0.709. The molecule has 0 aliphatic heterocycles. The highest BCUT2D eigenvalue weighted by Gasteiger charge is 2.07. The number of rotatable bonds is 12. The SMILES string of the molecule is FCCC(F)C[SiH2]CCC[SiH2]CC(F)CCF. The smallest absolute Gasteiger partial charge is 0.0998 e. The van der Waals surface area contributed by atoms with Crippen LogP contribution in [0.1, 0.15) is 19.3 Å². The minimum atomic E-state index is -0.941. The molecular formula is C11H24F4Si2. The summed E-state index contributed by atoms with van der Waals surface area (Å²) in [5.74, 6) is 0. The first-order valence-electron chi connectivity index (χ1n) is 6.60. The van der Waals surface area contributed by atoms with E-state index < -0.39 is 25.7 Å². The van der Waals surface area contributed by atoms with Crippen LogP contribution in [0.15, 0.2) is 0 Å². The van der Waals surface area contributed by atoms with E-state index in [1.807, 2.05) is 0 Å². The molecule has 6 heteroatoms. The van der Waals surface area contributed by atoms with Gasteiger partial charge in [0, 0.05) is 31.9 Å². The van der Waals surface area contributed by atoms with Gasteiger partial charge in [0.15, 0.2) is 0 Å². The van der Waals surface area contributed by atoms with E-state index in [4.69, 9.17) is 0 Å². The van der Waals surface area contributed by atoms with Crippen LogP contribution in [0.25, 0.3) is 0 Å². The lowest BCUT2D eigenvalue weighted by Crippen LogP contribution is -2.07. The maximum Gasteiger partial charge on any atom is 0.0998 e. The van der Waals surface area contributed by atoms with Crippen molar-refractivity contribution in [2.45, 2.75) is 55.8 Å². The Morgan fingerprint density at radius 2 is 1.18 bits per heavy atom. The van der Waals surface area contributed by atoms with Crippen LogP contribution in [0.4, 0.5) is 17.6 Å². The van der Waals surface area contributed by atoms with Crippen molar-refractivity contribution in [3.63, 3.8) is 0 Å². The van der Waals surface area contributed by atoms with Gasteiger partial charge in [-0.3, -0.25) is 8.78 Å². The molecule has 0 bridgehead atoms. The van der Waals surface area contributed by atoms with E-state index in [1.165, 1.54) is 0 Å². The third-order valence-corrected chi connectivity index (χ3v) is 6.95. The summed E-state index contributed by atoms with van der Waals surface area (Å²) in [5, 5.41) is 0. The minimum Gasteiger partial charge on any atom is -0.251 e. The molecule has 17 heavy (non-hydrogen) atoms. The molecule has 0 aromatic carbocycles. The van der Waals surface area contributed by atoms with Crippen LogP contribution in [-0.2, 0) is 0 Å². The van der Waals surface area contributed by atoms with Crippen molar-refractivity contribution in [3.05, 3.63) is 0 Å². The summed E-state index contributed by atoms with van der Waals surface area (Å²) >= 11 is 0. The Morgan fingerprint density at radius 1 is 0.765 bits per heavy atom. The lowest BCUT2D eigenvalue weighted by atomic mass is 10.3. The second-order valence-electron chi connectivity index (χ2n) is 4.49. The molecule has 0 heterocycles. The molecular weight excluding hydrogens is 264 g/mol. The van der Waals surface area contributed by atoms with Crippen molar-refractivity contribution >= 4 is 19.0 Å². The van der Waals surface area contributed by atoms with E-state index in [9.17, 15) is 17.6 Å². The van der Waals surface area contributed by atoms with Crippen molar-refractivity contribution in [1.29, 1.82) is 0 Å². The molecule has 0 nitrogen and oxygen atoms in total. The summed E-state index contributed by atoms with van der Waals surface area (Å²) in [5.41, 5.74) is 0. The van der Waals surface area contributed by atoms with Crippen LogP contribution in [-0.4, -0.2) is 44.7 Å². The highest BCUT2D eigenvalue weighted by Crippen LogP contribution is 2.09. The first-order chi connectivity index (χ1) is 8.20. The van der Waals surface area contributed by atoms with Gasteiger partial charge in [0.1, 0.15) is 0 Å². The van der Waals surface area contributed by atoms with Crippen LogP contribution in [0, 0.1) is 0 Å². The van der Waals surface area contributed by atoms with Gasteiger partial charge in [-0.2, -0.15) is 0 Å². The summed E-state index contributed by atoms with van der Waals surface area (Å²) in [7, 11) is -0.773. The molecule has 2 unspecified atom stereocenters. The van der Waals surface area contributed by atoms with Crippen LogP contribution in [0.3, 0.4) is 0 Å². The fourth-order valence-corrected chi connectivity index (χ4v) is 5.95. The summed E-state index contributed by atoms with van der Waals surface area (Å²) in [6, 6.07) is 3.33. The van der Waals surface area contributed by atoms with Gasteiger partial charge >= 0.3 is 0 Å². The molecule has 0 radical (unpaired) electrons. The van der Waals surface area contributed by atoms with Crippen LogP contribution < -0.4 is 0 Å². The highest BCUT2D eigenvalue weighted by atomic mass is 28.2. The van der Waals surface area contributed by atoms with E-state index >= 15 is 0 Å². The maximum absolute atomic E-state index is 12.9. The van der Waals surface area contributed by atoms with Crippen LogP contribution >= 0.6 is 0 Å². The van der Waals surface area contributed by atoms with Crippen molar-refractivity contribution in [1.82, 2.24) is 0 Å². The Morgan fingerprint density at radius 3 is 1.53 bits per heavy atom. The fourth-order valence-electron chi connectivity index (χ4n) is 1.79. The standard InChI is InChI=1S/C11H24F4Si2/c12-4-2-10(14)8-16-6-1-7-17-9-11(15)3-5-13/h10-11H,1-9,16-17H2. The van der Waals surface area contributed by atoms with E-state index in [0.29, 0.717) is 12.1 Å². The van der Waals surface area contributed by atoms with Gasteiger partial charge in [0.2, 0.25) is 0 Å². The molecule has 0 saturated heterocycles. The summed E-state index contributed by atoms with van der Waals surface area (Å²) in [6.45, 7) is -1.12. The Hall–Kier alpha value is 0.154. The molecule has 0 aliphatic rings. The summed E-state index contributed by atoms with van der Waals surface area (Å²) < 4.78 is 49.3. The van der Waals surface area contributed by atoms with Gasteiger partial charge in [-0.15, -0.1) is 0 Å². The van der Waals surface area contributed by atoms with E-state index in [-0.39, 0.29) is 31.9 Å². The van der Waals surface area contributed by atoms with Gasteiger partial charge < -0.3 is 0 Å². The molecule has 0 fully saturated rings. The molecule has 0 aromatic heterocycles. The molecule has 0 amide bonds. The number of hydrogen-bond acceptors (Lipinski definition) is 0. The molecule has 0 aliphatic carbocycles. The second kappa shape index (κ2) is 12.6. The fraction of sp³-hybridized carbons (Fsp3) is 1.00. The first kappa shape index (κ1) is 17.2. The zero-order valence-electron chi connectivity index (χ0n) is 10.4. The number of halogens is 4. The lowest BCUT2D eigenvalue weighted by molar-refractivity contribution is 0.304. The van der Waals surface area contributed by atoms with E-state index in [1.54, 1.807) is 0 Å². The highest BCUT2D eigenvalue weighted by molar-refractivity contribution is 6.37. The monoisotopic (exact) mass is 288 g/mol. The third kappa shape index (κ3) is 12.4. The maximum atomic E-state index is 12.9. The van der Waals surface area contributed by atoms with Crippen molar-refractivity contribution in [2.24, 2.45) is 0 Å². The van der Waals surface area contributed by atoms with Gasteiger partial charge in [-0.05, 0) is 12.1 Å². The van der Waals surface area contributed by atoms with Gasteiger partial charge in [-0.1, -0.05) is 18.5 Å². The normalized spacial score (nSPS) is 16.2. The minimum absolute atomic E-state index is 0.0501. The molecule has 0 saturated carbocycles. The lowest BCUT2D eigenvalue weighted by Gasteiger charge is -2.06. The Balaban J connectivity index is 3.13. The zero-order valence-corrected chi connectivity index (χ0v) is 13.3. The van der Waals surface area contributed by atoms with Gasteiger partial charge in [-0.25, -0.2) is 8.78 Å². The van der Waals surface area contributed by atoms with Crippen LogP contribution in [0.5, 0.6) is 0 Å². The van der Waals surface area contributed by atoms with Gasteiger partial charge in [0.05, 0.1) is 25.7 Å². The predicted molar refractivity (Wildman–Crippen MR) is 71.9 cm³/mol. The van der Waals surface area contributed by atoms with Crippen molar-refractivity contribution < 1.29 is 17.6 Å². The van der Waals surface area contributed by atoms with Gasteiger partial charge in [0.25, 0.3) is 0 Å². The molecule has 0 spiro atoms. The molecule has 0 rings (SSSR count). The molecule has 0 aromatic rings. The number of hydrogen-bond donors (Lipinski definition) is 0. The number of alkyl halides is 4.